The number of carbonyl (C=O) groups excluding carboxylic acids is 1. The van der Waals surface area contributed by atoms with Gasteiger partial charge < -0.3 is 0 Å². The number of nitrogens with one attached hydrogen (secondary N) is 1. The Morgan fingerprint density at radius 2 is 2.29 bits per heavy atom. The highest BCUT2D eigenvalue weighted by Gasteiger charge is 2.06. The van der Waals surface area contributed by atoms with Crippen LogP contribution in [0.4, 0.5) is 0 Å². The van der Waals surface area contributed by atoms with Crippen molar-refractivity contribution in [2.45, 2.75) is 6.42 Å². The quantitative estimate of drug-likeness (QED) is 0.434. The first-order valence-electron chi connectivity index (χ1n) is 3.84. The molecule has 0 fully saturated rings. The molecule has 3 N–H and O–H groups in total. The Morgan fingerprint density at radius 1 is 1.57 bits per heavy atom. The average molecular weight is 210 g/mol. The summed E-state index contributed by atoms with van der Waals surface area (Å²) in [6.07, 6.45) is 0.214. The van der Waals surface area contributed by atoms with Gasteiger partial charge in [0.05, 0.1) is 12.5 Å². The van der Waals surface area contributed by atoms with Crippen molar-refractivity contribution in [3.05, 3.63) is 34.3 Å². The predicted octanol–water partition coefficient (Wildman–Crippen LogP) is 1.01. The predicted molar refractivity (Wildman–Crippen MR) is 52.4 cm³/mol. The maximum atomic E-state index is 11.1. The monoisotopic (exact) mass is 209 g/mol. The van der Waals surface area contributed by atoms with Gasteiger partial charge in [-0.3, -0.25) is 10.2 Å². The molecule has 0 atom stereocenters. The molecule has 1 amide bonds. The summed E-state index contributed by atoms with van der Waals surface area (Å²) < 4.78 is 0. The minimum Gasteiger partial charge on any atom is -0.290 e. The van der Waals surface area contributed by atoms with Crippen LogP contribution in [0.2, 0.25) is 5.02 Å². The third-order valence-corrected chi connectivity index (χ3v) is 1.85. The highest BCUT2D eigenvalue weighted by atomic mass is 35.5. The molecule has 1 aromatic carbocycles. The molecule has 0 radical (unpaired) electrons. The fourth-order valence-corrected chi connectivity index (χ4v) is 1.32. The first-order valence-corrected chi connectivity index (χ1v) is 4.22. The molecular weight excluding hydrogens is 202 g/mol. The van der Waals surface area contributed by atoms with Crippen molar-refractivity contribution in [2.75, 3.05) is 0 Å². The summed E-state index contributed by atoms with van der Waals surface area (Å²) in [5, 5.41) is 8.89. The number of halogens is 1. The number of nitriles is 1. The van der Waals surface area contributed by atoms with Crippen molar-refractivity contribution in [1.82, 2.24) is 5.43 Å². The van der Waals surface area contributed by atoms with Crippen molar-refractivity contribution >= 4 is 17.5 Å². The van der Waals surface area contributed by atoms with Gasteiger partial charge in [0.15, 0.2) is 0 Å². The van der Waals surface area contributed by atoms with E-state index in [1.54, 1.807) is 12.1 Å². The van der Waals surface area contributed by atoms with Gasteiger partial charge in [-0.25, -0.2) is 5.84 Å². The van der Waals surface area contributed by atoms with Crippen LogP contribution >= 0.6 is 11.6 Å². The van der Waals surface area contributed by atoms with Crippen LogP contribution in [0.5, 0.6) is 0 Å². The summed E-state index contributed by atoms with van der Waals surface area (Å²) in [6, 6.07) is 6.68. The Kier molecular flexibility index (Phi) is 3.46. The topological polar surface area (TPSA) is 78.9 Å². The lowest BCUT2D eigenvalue weighted by molar-refractivity contribution is 0.0953. The lowest BCUT2D eigenvalue weighted by Gasteiger charge is -2.02. The summed E-state index contributed by atoms with van der Waals surface area (Å²) in [4.78, 5) is 11.1. The first kappa shape index (κ1) is 10.5. The van der Waals surface area contributed by atoms with Gasteiger partial charge in [-0.1, -0.05) is 11.6 Å². The largest absolute Gasteiger partial charge is 0.290 e. The molecule has 0 aromatic heterocycles. The van der Waals surface area contributed by atoms with E-state index in [1.165, 1.54) is 6.07 Å². The zero-order valence-corrected chi connectivity index (χ0v) is 8.01. The normalized spacial score (nSPS) is 9.21. The lowest BCUT2D eigenvalue weighted by Crippen LogP contribution is -2.30. The van der Waals surface area contributed by atoms with Gasteiger partial charge in [0.2, 0.25) is 0 Å². The molecule has 1 rings (SSSR count). The van der Waals surface area contributed by atoms with Gasteiger partial charge in [-0.05, 0) is 23.8 Å². The van der Waals surface area contributed by atoms with E-state index >= 15 is 0 Å². The number of hydrogen-bond acceptors (Lipinski definition) is 3. The number of carbonyl (C=O) groups is 1. The van der Waals surface area contributed by atoms with E-state index in [2.05, 4.69) is 0 Å². The molecule has 72 valence electrons. The van der Waals surface area contributed by atoms with Crippen LogP contribution in [0, 0.1) is 11.3 Å². The highest BCUT2D eigenvalue weighted by molar-refractivity contribution is 6.31. The summed E-state index contributed by atoms with van der Waals surface area (Å²) in [5.74, 6) is 4.55. The minimum atomic E-state index is -0.424. The second-order valence-electron chi connectivity index (χ2n) is 2.66. The van der Waals surface area contributed by atoms with Gasteiger partial charge in [0.25, 0.3) is 5.91 Å². The smallest absolute Gasteiger partial charge is 0.265 e. The van der Waals surface area contributed by atoms with E-state index in [1.807, 2.05) is 11.5 Å². The van der Waals surface area contributed by atoms with Crippen molar-refractivity contribution in [3.63, 3.8) is 0 Å². The SMILES string of the molecule is N#CCc1cc(Cl)cc(C(=O)NN)c1. The number of nitrogens with zero attached hydrogens (tertiary/aromatic N) is 1. The second kappa shape index (κ2) is 4.61. The van der Waals surface area contributed by atoms with Crippen LogP contribution in [0.15, 0.2) is 18.2 Å². The van der Waals surface area contributed by atoms with E-state index in [-0.39, 0.29) is 6.42 Å². The van der Waals surface area contributed by atoms with Crippen LogP contribution in [-0.4, -0.2) is 5.91 Å². The van der Waals surface area contributed by atoms with Crippen molar-refractivity contribution in [3.8, 4) is 6.07 Å². The Morgan fingerprint density at radius 3 is 2.86 bits per heavy atom. The molecule has 0 spiro atoms. The lowest BCUT2D eigenvalue weighted by atomic mass is 10.1. The third-order valence-electron chi connectivity index (χ3n) is 1.63. The molecular formula is C9H8ClN3O. The van der Waals surface area contributed by atoms with Crippen molar-refractivity contribution in [2.24, 2.45) is 5.84 Å². The number of nitrogen functional groups attached to an aromatic ring is 1. The van der Waals surface area contributed by atoms with E-state index < -0.39 is 5.91 Å². The van der Waals surface area contributed by atoms with Gasteiger partial charge in [0.1, 0.15) is 0 Å². The fraction of sp³-hybridized carbons (Fsp3) is 0.111. The van der Waals surface area contributed by atoms with E-state index in [0.29, 0.717) is 16.1 Å². The maximum Gasteiger partial charge on any atom is 0.265 e. The third kappa shape index (κ3) is 2.46. The number of hydrazine groups is 1. The molecule has 0 unspecified atom stereocenters. The Bertz CT molecular complexity index is 398. The van der Waals surface area contributed by atoms with E-state index in [9.17, 15) is 4.79 Å². The van der Waals surface area contributed by atoms with Crippen molar-refractivity contribution in [1.29, 1.82) is 5.26 Å². The van der Waals surface area contributed by atoms with Crippen LogP contribution in [-0.2, 0) is 6.42 Å². The minimum absolute atomic E-state index is 0.214. The number of amides is 1. The van der Waals surface area contributed by atoms with Gasteiger partial charge in [-0.2, -0.15) is 5.26 Å². The van der Waals surface area contributed by atoms with E-state index in [0.717, 1.165) is 0 Å². The Balaban J connectivity index is 3.08. The molecule has 0 saturated heterocycles. The van der Waals surface area contributed by atoms with Gasteiger partial charge in [-0.15, -0.1) is 0 Å². The molecule has 0 heterocycles. The molecule has 0 aliphatic heterocycles. The number of nitrogens with two attached hydrogens (primary N) is 1. The van der Waals surface area contributed by atoms with E-state index in [4.69, 9.17) is 22.7 Å². The van der Waals surface area contributed by atoms with Crippen LogP contribution < -0.4 is 11.3 Å². The Hall–Kier alpha value is -1.57. The zero-order chi connectivity index (χ0) is 10.6. The second-order valence-corrected chi connectivity index (χ2v) is 3.09. The van der Waals surface area contributed by atoms with Crippen LogP contribution in [0.1, 0.15) is 15.9 Å². The zero-order valence-electron chi connectivity index (χ0n) is 7.25. The summed E-state index contributed by atoms with van der Waals surface area (Å²) in [7, 11) is 0. The molecule has 1 aromatic rings. The number of benzene rings is 1. The fourth-order valence-electron chi connectivity index (χ4n) is 1.06. The summed E-state index contributed by atoms with van der Waals surface area (Å²) in [5.41, 5.74) is 3.04. The standard InChI is InChI=1S/C9H8ClN3O/c10-8-4-6(1-2-11)3-7(5-8)9(14)13-12/h3-5H,1,12H2,(H,13,14). The molecule has 0 aliphatic carbocycles. The maximum absolute atomic E-state index is 11.1. The Labute approximate surface area is 86.2 Å². The molecule has 4 nitrogen and oxygen atoms in total. The van der Waals surface area contributed by atoms with Gasteiger partial charge in [0, 0.05) is 10.6 Å². The molecule has 0 bridgehead atoms. The van der Waals surface area contributed by atoms with Crippen molar-refractivity contribution < 1.29 is 4.79 Å². The number of hydrogen-bond donors (Lipinski definition) is 2. The summed E-state index contributed by atoms with van der Waals surface area (Å²) in [6.45, 7) is 0. The van der Waals surface area contributed by atoms with Crippen LogP contribution in [0.3, 0.4) is 0 Å². The molecule has 0 aliphatic rings. The first-order chi connectivity index (χ1) is 6.67. The van der Waals surface area contributed by atoms with Gasteiger partial charge >= 0.3 is 0 Å². The van der Waals surface area contributed by atoms with Crippen LogP contribution in [0.25, 0.3) is 0 Å². The molecule has 0 saturated carbocycles. The number of rotatable bonds is 2. The summed E-state index contributed by atoms with van der Waals surface area (Å²) >= 11 is 5.76. The molecule has 14 heavy (non-hydrogen) atoms. The highest BCUT2D eigenvalue weighted by Crippen LogP contribution is 2.15. The average Bonchev–Trinajstić information content (AvgIpc) is 2.16. The molecule has 5 heteroatoms.